The minimum Gasteiger partial charge on any atom is -0.497 e. The lowest BCUT2D eigenvalue weighted by Gasteiger charge is -2.25. The van der Waals surface area contributed by atoms with E-state index in [2.05, 4.69) is 20.8 Å². The normalized spacial score (nSPS) is 12.0. The van der Waals surface area contributed by atoms with E-state index in [1.54, 1.807) is 44.6 Å². The molecule has 0 heterocycles. The van der Waals surface area contributed by atoms with Crippen LogP contribution < -0.4 is 14.2 Å². The highest BCUT2D eigenvalue weighted by Crippen LogP contribution is 2.39. The average molecular weight is 463 g/mol. The fraction of sp³-hybridized carbons (Fsp3) is 0.333. The molecule has 0 bridgehead atoms. The first-order valence-corrected chi connectivity index (χ1v) is 10.6. The summed E-state index contributed by atoms with van der Waals surface area (Å²) < 4.78 is 31.2. The van der Waals surface area contributed by atoms with Crippen LogP contribution in [0.5, 0.6) is 17.2 Å². The van der Waals surface area contributed by atoms with Crippen LogP contribution in [0.3, 0.4) is 0 Å². The number of methoxy groups -OCH3 is 2. The molecule has 0 aromatic heterocycles. The minimum atomic E-state index is -0.778. The van der Waals surface area contributed by atoms with Gasteiger partial charge in [-0.25, -0.2) is 4.39 Å². The molecule has 4 nitrogen and oxygen atoms in total. The van der Waals surface area contributed by atoms with Gasteiger partial charge in [-0.1, -0.05) is 39.0 Å². The summed E-state index contributed by atoms with van der Waals surface area (Å²) in [6.45, 7) is 6.55. The summed E-state index contributed by atoms with van der Waals surface area (Å²) in [7, 11) is 3.17. The van der Waals surface area contributed by atoms with Crippen molar-refractivity contribution in [2.45, 2.75) is 39.9 Å². The van der Waals surface area contributed by atoms with Crippen LogP contribution in [0.15, 0.2) is 60.7 Å². The first-order chi connectivity index (χ1) is 15.2. The molecule has 33 heavy (non-hydrogen) atoms. The molecule has 0 saturated carbocycles. The van der Waals surface area contributed by atoms with Crippen molar-refractivity contribution < 1.29 is 23.7 Å². The molecule has 0 aliphatic carbocycles. The van der Waals surface area contributed by atoms with Crippen molar-refractivity contribution in [2.75, 3.05) is 14.2 Å². The molecule has 0 aliphatic rings. The predicted molar refractivity (Wildman–Crippen MR) is 130 cm³/mol. The fourth-order valence-corrected chi connectivity index (χ4v) is 3.57. The number of aliphatic hydroxyl groups excluding tert-OH is 1. The number of halogens is 1. The van der Waals surface area contributed by atoms with Crippen LogP contribution in [0.25, 0.3) is 11.1 Å². The second-order valence-corrected chi connectivity index (χ2v) is 9.01. The van der Waals surface area contributed by atoms with E-state index in [0.29, 0.717) is 41.2 Å². The van der Waals surface area contributed by atoms with Crippen molar-refractivity contribution in [3.05, 3.63) is 77.6 Å². The van der Waals surface area contributed by atoms with Gasteiger partial charge in [-0.15, -0.1) is 0 Å². The van der Waals surface area contributed by atoms with Gasteiger partial charge in [-0.3, -0.25) is 0 Å². The van der Waals surface area contributed by atoms with Crippen molar-refractivity contribution >= 4 is 23.1 Å². The highest BCUT2D eigenvalue weighted by molar-refractivity contribution is 5.75. The molecular formula is C27H31FMgO4. The highest BCUT2D eigenvalue weighted by atomic mass is 24.3. The molecule has 1 N–H and O–H groups in total. The van der Waals surface area contributed by atoms with Crippen LogP contribution >= 0.6 is 0 Å². The Morgan fingerprint density at radius 2 is 1.42 bits per heavy atom. The molecule has 0 fully saturated rings. The van der Waals surface area contributed by atoms with Crippen LogP contribution in [0.1, 0.15) is 44.4 Å². The van der Waals surface area contributed by atoms with Crippen molar-refractivity contribution in [1.82, 2.24) is 0 Å². The molecule has 172 valence electrons. The second-order valence-electron chi connectivity index (χ2n) is 9.01. The molecule has 3 aromatic rings. The summed E-state index contributed by atoms with van der Waals surface area (Å²) in [6, 6.07) is 17.6. The van der Waals surface area contributed by atoms with E-state index < -0.39 is 6.10 Å². The van der Waals surface area contributed by atoms with Gasteiger partial charge in [0.05, 0.1) is 20.3 Å². The number of ether oxygens (including phenoxy) is 3. The molecule has 3 rings (SSSR count). The molecular weight excluding hydrogens is 432 g/mol. The minimum absolute atomic E-state index is 0. The van der Waals surface area contributed by atoms with Crippen molar-refractivity contribution in [1.29, 1.82) is 0 Å². The maximum absolute atomic E-state index is 14.7. The van der Waals surface area contributed by atoms with Gasteiger partial charge in [0.25, 0.3) is 0 Å². The standard InChI is InChI=1S/C27H31FO4.Mg/c1-27(2,3)16-26(29)24-15-21(32-17-18-6-8-19(30-4)9-7-18)10-12-22(24)23-14-20(31-5)11-13-25(23)28;/h6-15,26,29H,16-17H2,1-5H3;. The zero-order valence-corrected chi connectivity index (χ0v) is 21.4. The van der Waals surface area contributed by atoms with E-state index in [-0.39, 0.29) is 34.3 Å². The molecule has 0 aliphatic heterocycles. The van der Waals surface area contributed by atoms with Gasteiger partial charge in [-0.05, 0) is 71.0 Å². The molecule has 6 heteroatoms. The van der Waals surface area contributed by atoms with Gasteiger partial charge in [0.2, 0.25) is 0 Å². The topological polar surface area (TPSA) is 47.9 Å². The van der Waals surface area contributed by atoms with Crippen molar-refractivity contribution in [3.8, 4) is 28.4 Å². The Kier molecular flexibility index (Phi) is 9.58. The Bertz CT molecular complexity index is 1040. The van der Waals surface area contributed by atoms with Gasteiger partial charge in [0, 0.05) is 28.6 Å². The summed E-state index contributed by atoms with van der Waals surface area (Å²) in [4.78, 5) is 0. The Morgan fingerprint density at radius 1 is 0.818 bits per heavy atom. The molecule has 0 spiro atoms. The predicted octanol–water partition coefficient (Wildman–Crippen LogP) is 6.18. The summed E-state index contributed by atoms with van der Waals surface area (Å²) >= 11 is 0. The number of benzene rings is 3. The van der Waals surface area contributed by atoms with Gasteiger partial charge in [0.15, 0.2) is 0 Å². The quantitative estimate of drug-likeness (QED) is 0.406. The van der Waals surface area contributed by atoms with Crippen molar-refractivity contribution in [2.24, 2.45) is 5.41 Å². The van der Waals surface area contributed by atoms with Gasteiger partial charge >= 0.3 is 0 Å². The lowest BCUT2D eigenvalue weighted by molar-refractivity contribution is 0.122. The molecule has 1 atom stereocenters. The molecule has 0 saturated heterocycles. The second kappa shape index (κ2) is 11.7. The van der Waals surface area contributed by atoms with E-state index in [4.69, 9.17) is 14.2 Å². The van der Waals surface area contributed by atoms with E-state index >= 15 is 0 Å². The van der Waals surface area contributed by atoms with Gasteiger partial charge in [0.1, 0.15) is 29.7 Å². The first-order valence-electron chi connectivity index (χ1n) is 10.6. The third kappa shape index (κ3) is 7.35. The number of rotatable bonds is 8. The summed E-state index contributed by atoms with van der Waals surface area (Å²) in [6.07, 6.45) is -0.256. The third-order valence-electron chi connectivity index (χ3n) is 5.22. The van der Waals surface area contributed by atoms with E-state index in [1.165, 1.54) is 6.07 Å². The van der Waals surface area contributed by atoms with Gasteiger partial charge < -0.3 is 19.3 Å². The average Bonchev–Trinajstić information content (AvgIpc) is 2.77. The van der Waals surface area contributed by atoms with E-state index in [0.717, 1.165) is 11.3 Å². The lowest BCUT2D eigenvalue weighted by atomic mass is 9.84. The smallest absolute Gasteiger partial charge is 0.131 e. The molecule has 0 amide bonds. The van der Waals surface area contributed by atoms with Gasteiger partial charge in [-0.2, -0.15) is 0 Å². The van der Waals surface area contributed by atoms with Crippen LogP contribution in [-0.4, -0.2) is 42.4 Å². The summed E-state index contributed by atoms with van der Waals surface area (Å²) in [5.74, 6) is 1.57. The SMILES string of the molecule is COc1ccc(COc2ccc(-c3cc(OC)ccc3F)c(C(O)CC(C)(C)C)c2)cc1.[Mg]. The maximum atomic E-state index is 14.7. The zero-order valence-electron chi connectivity index (χ0n) is 20.0. The monoisotopic (exact) mass is 462 g/mol. The molecule has 1 unspecified atom stereocenters. The molecule has 3 aromatic carbocycles. The van der Waals surface area contributed by atoms with Crippen LogP contribution in [0.4, 0.5) is 4.39 Å². The number of hydrogen-bond acceptors (Lipinski definition) is 4. The third-order valence-corrected chi connectivity index (χ3v) is 5.22. The Morgan fingerprint density at radius 3 is 2.03 bits per heavy atom. The van der Waals surface area contributed by atoms with E-state index in [1.807, 2.05) is 24.3 Å². The Balaban J connectivity index is 0.00000385. The van der Waals surface area contributed by atoms with Crippen LogP contribution in [0, 0.1) is 11.2 Å². The fourth-order valence-electron chi connectivity index (χ4n) is 3.57. The highest BCUT2D eigenvalue weighted by Gasteiger charge is 2.23. The first kappa shape index (κ1) is 27.0. The maximum Gasteiger partial charge on any atom is 0.131 e. The van der Waals surface area contributed by atoms with Crippen molar-refractivity contribution in [3.63, 3.8) is 0 Å². The Labute approximate surface area is 211 Å². The lowest BCUT2D eigenvalue weighted by Crippen LogP contribution is -2.13. The number of hydrogen-bond donors (Lipinski definition) is 1. The van der Waals surface area contributed by atoms with Crippen LogP contribution in [0.2, 0.25) is 0 Å². The molecule has 2 radical (unpaired) electrons. The van der Waals surface area contributed by atoms with E-state index in [9.17, 15) is 9.50 Å². The summed E-state index contributed by atoms with van der Waals surface area (Å²) in [5, 5.41) is 11.1. The Hall–Kier alpha value is -2.28. The summed E-state index contributed by atoms with van der Waals surface area (Å²) in [5.41, 5.74) is 2.51. The zero-order chi connectivity index (χ0) is 23.3. The number of aliphatic hydroxyl groups is 1. The largest absolute Gasteiger partial charge is 0.497 e. The van der Waals surface area contributed by atoms with Crippen LogP contribution in [-0.2, 0) is 6.61 Å².